The number of rotatable bonds is 14. The molecular formula is C33H46N6O4. The molecule has 2 unspecified atom stereocenters. The smallest absolute Gasteiger partial charge is 0.254 e. The molecule has 4 N–H and O–H groups in total. The summed E-state index contributed by atoms with van der Waals surface area (Å²) >= 11 is 0. The van der Waals surface area contributed by atoms with E-state index in [4.69, 9.17) is 4.74 Å². The maximum absolute atomic E-state index is 13.5. The van der Waals surface area contributed by atoms with Crippen molar-refractivity contribution in [3.8, 4) is 5.75 Å². The lowest BCUT2D eigenvalue weighted by Crippen LogP contribution is -2.44. The van der Waals surface area contributed by atoms with Gasteiger partial charge in [0, 0.05) is 49.8 Å². The molecule has 43 heavy (non-hydrogen) atoms. The number of hydrogen-bond donors (Lipinski definition) is 4. The van der Waals surface area contributed by atoms with Crippen molar-refractivity contribution < 1.29 is 19.1 Å². The highest BCUT2D eigenvalue weighted by atomic mass is 16.5. The first kappa shape index (κ1) is 31.9. The number of anilines is 2. The van der Waals surface area contributed by atoms with Gasteiger partial charge in [-0.15, -0.1) is 0 Å². The number of benzene rings is 2. The SMILES string of the molecule is C/C(=C(\CCNC=O)NCC(C)COc1cccc(C)c1)C1Nc2cc(C=O)c(C(=O)N(C)C3CCN(C)CC3)cc2N1. The number of carbonyl (C=O) groups excluding carboxylic acids is 3. The first-order chi connectivity index (χ1) is 20.7. The Hall–Kier alpha value is -4.05. The van der Waals surface area contributed by atoms with Crippen LogP contribution in [0.15, 0.2) is 47.7 Å². The molecule has 2 aliphatic heterocycles. The minimum atomic E-state index is -0.246. The molecule has 0 aliphatic carbocycles. The van der Waals surface area contributed by atoms with E-state index in [1.807, 2.05) is 45.2 Å². The number of aryl methyl sites for hydroxylation is 1. The maximum Gasteiger partial charge on any atom is 0.254 e. The van der Waals surface area contributed by atoms with Crippen molar-refractivity contribution in [1.29, 1.82) is 0 Å². The Morgan fingerprint density at radius 3 is 2.56 bits per heavy atom. The van der Waals surface area contributed by atoms with Gasteiger partial charge < -0.3 is 35.8 Å². The van der Waals surface area contributed by atoms with Crippen LogP contribution in [0.5, 0.6) is 5.75 Å². The topological polar surface area (TPSA) is 115 Å². The molecule has 232 valence electrons. The van der Waals surface area contributed by atoms with Crippen molar-refractivity contribution in [2.45, 2.75) is 52.2 Å². The molecule has 2 aromatic rings. The van der Waals surface area contributed by atoms with Crippen molar-refractivity contribution in [3.05, 3.63) is 64.4 Å². The van der Waals surface area contributed by atoms with Crippen LogP contribution in [0.25, 0.3) is 0 Å². The number of fused-ring (bicyclic) bond motifs is 1. The Balaban J connectivity index is 1.45. The molecule has 1 saturated heterocycles. The number of amides is 2. The van der Waals surface area contributed by atoms with Gasteiger partial charge in [-0.05, 0) is 82.2 Å². The van der Waals surface area contributed by atoms with Crippen LogP contribution < -0.4 is 26.0 Å². The van der Waals surface area contributed by atoms with Crippen molar-refractivity contribution in [1.82, 2.24) is 20.4 Å². The van der Waals surface area contributed by atoms with E-state index in [9.17, 15) is 14.4 Å². The Kier molecular flexibility index (Phi) is 11.1. The minimum absolute atomic E-state index is 0.138. The normalized spacial score (nSPS) is 17.9. The minimum Gasteiger partial charge on any atom is -0.493 e. The highest BCUT2D eigenvalue weighted by Gasteiger charge is 2.29. The van der Waals surface area contributed by atoms with E-state index in [0.717, 1.165) is 66.2 Å². The van der Waals surface area contributed by atoms with Gasteiger partial charge >= 0.3 is 0 Å². The van der Waals surface area contributed by atoms with Crippen LogP contribution in [0.1, 0.15) is 59.4 Å². The highest BCUT2D eigenvalue weighted by Crippen LogP contribution is 2.35. The number of nitrogens with one attached hydrogen (secondary N) is 4. The van der Waals surface area contributed by atoms with Crippen molar-refractivity contribution >= 4 is 30.0 Å². The second kappa shape index (κ2) is 14.9. The summed E-state index contributed by atoms with van der Waals surface area (Å²) in [6.45, 7) is 9.86. The lowest BCUT2D eigenvalue weighted by atomic mass is 10.0. The number of aldehydes is 1. The Morgan fingerprint density at radius 2 is 1.88 bits per heavy atom. The Labute approximate surface area is 255 Å². The Bertz CT molecular complexity index is 1320. The zero-order chi connectivity index (χ0) is 30.9. The molecular weight excluding hydrogens is 544 g/mol. The number of ether oxygens (including phenoxy) is 1. The molecule has 1 fully saturated rings. The molecule has 10 heteroatoms. The number of likely N-dealkylation sites (tertiary alicyclic amines) is 1. The summed E-state index contributed by atoms with van der Waals surface area (Å²) in [5.74, 6) is 0.951. The second-order valence-corrected chi connectivity index (χ2v) is 11.9. The Morgan fingerprint density at radius 1 is 1.16 bits per heavy atom. The molecule has 0 bridgehead atoms. The van der Waals surface area contributed by atoms with Gasteiger partial charge in [0.1, 0.15) is 11.9 Å². The van der Waals surface area contributed by atoms with Crippen LogP contribution in [-0.4, -0.2) is 87.5 Å². The third-order valence-electron chi connectivity index (χ3n) is 8.40. The van der Waals surface area contributed by atoms with Crippen LogP contribution in [0.2, 0.25) is 0 Å². The molecule has 0 aromatic heterocycles. The molecule has 2 aliphatic rings. The monoisotopic (exact) mass is 590 g/mol. The molecule has 2 amide bonds. The van der Waals surface area contributed by atoms with E-state index in [2.05, 4.69) is 40.1 Å². The van der Waals surface area contributed by atoms with Crippen LogP contribution in [0, 0.1) is 12.8 Å². The number of nitrogens with zero attached hydrogens (tertiary/aromatic N) is 2. The standard InChI is InChI=1S/C33H46N6O4/c1-22-7-6-8-27(15-22)43-20-23(2)18-35-29(9-12-34-21-41)24(3)32-36-30-16-25(19-40)28(17-31(30)37-32)33(42)39(5)26-10-13-38(4)14-11-26/h6-8,15-17,19,21,23,26,32,35-37H,9-14,18,20H2,1-5H3,(H,34,41)/b29-24-. The zero-order valence-corrected chi connectivity index (χ0v) is 26.0. The van der Waals surface area contributed by atoms with Crippen LogP contribution in [0.3, 0.4) is 0 Å². The second-order valence-electron chi connectivity index (χ2n) is 11.9. The molecule has 2 aromatic carbocycles. The quantitative estimate of drug-likeness (QED) is 0.194. The zero-order valence-electron chi connectivity index (χ0n) is 26.0. The summed E-state index contributed by atoms with van der Waals surface area (Å²) in [7, 11) is 3.93. The first-order valence-corrected chi connectivity index (χ1v) is 15.1. The van der Waals surface area contributed by atoms with Gasteiger partial charge in [0.2, 0.25) is 6.41 Å². The fraction of sp³-hybridized carbons (Fsp3) is 0.485. The highest BCUT2D eigenvalue weighted by molar-refractivity contribution is 6.04. The fourth-order valence-corrected chi connectivity index (χ4v) is 5.59. The van der Waals surface area contributed by atoms with Gasteiger partial charge in [-0.25, -0.2) is 0 Å². The number of carbonyl (C=O) groups is 3. The molecule has 4 rings (SSSR count). The predicted molar refractivity (Wildman–Crippen MR) is 171 cm³/mol. The lowest BCUT2D eigenvalue weighted by molar-refractivity contribution is -0.109. The number of piperidine rings is 1. The largest absolute Gasteiger partial charge is 0.493 e. The third kappa shape index (κ3) is 8.28. The van der Waals surface area contributed by atoms with Crippen LogP contribution in [0.4, 0.5) is 11.4 Å². The third-order valence-corrected chi connectivity index (χ3v) is 8.40. The van der Waals surface area contributed by atoms with Gasteiger partial charge in [-0.1, -0.05) is 19.1 Å². The van der Waals surface area contributed by atoms with Crippen LogP contribution in [-0.2, 0) is 4.79 Å². The molecule has 10 nitrogen and oxygen atoms in total. The van der Waals surface area contributed by atoms with Gasteiger partial charge in [-0.3, -0.25) is 14.4 Å². The van der Waals surface area contributed by atoms with Gasteiger partial charge in [0.25, 0.3) is 5.91 Å². The van der Waals surface area contributed by atoms with Gasteiger partial charge in [0.05, 0.1) is 23.5 Å². The molecule has 2 heterocycles. The summed E-state index contributed by atoms with van der Waals surface area (Å²) in [6, 6.07) is 11.7. The summed E-state index contributed by atoms with van der Waals surface area (Å²) < 4.78 is 5.99. The van der Waals surface area contributed by atoms with Crippen molar-refractivity contribution in [2.24, 2.45) is 5.92 Å². The first-order valence-electron chi connectivity index (χ1n) is 15.1. The average molecular weight is 591 g/mol. The summed E-state index contributed by atoms with van der Waals surface area (Å²) in [5.41, 5.74) is 5.52. The van der Waals surface area contributed by atoms with E-state index in [-0.39, 0.29) is 24.0 Å². The van der Waals surface area contributed by atoms with Crippen LogP contribution >= 0.6 is 0 Å². The molecule has 0 saturated carbocycles. The van der Waals surface area contributed by atoms with Gasteiger partial charge in [-0.2, -0.15) is 0 Å². The predicted octanol–water partition coefficient (Wildman–Crippen LogP) is 3.85. The molecule has 0 radical (unpaired) electrons. The van der Waals surface area contributed by atoms with E-state index in [1.54, 1.807) is 17.0 Å². The fourth-order valence-electron chi connectivity index (χ4n) is 5.59. The van der Waals surface area contributed by atoms with E-state index in [1.165, 1.54) is 0 Å². The average Bonchev–Trinajstić information content (AvgIpc) is 3.43. The number of hydrogen-bond acceptors (Lipinski definition) is 8. The lowest BCUT2D eigenvalue weighted by Gasteiger charge is -2.35. The maximum atomic E-state index is 13.5. The summed E-state index contributed by atoms with van der Waals surface area (Å²) in [6.07, 6.45) is 3.66. The van der Waals surface area contributed by atoms with E-state index < -0.39 is 0 Å². The van der Waals surface area contributed by atoms with E-state index >= 15 is 0 Å². The van der Waals surface area contributed by atoms with Crippen molar-refractivity contribution in [2.75, 3.05) is 57.5 Å². The summed E-state index contributed by atoms with van der Waals surface area (Å²) in [5, 5.41) is 13.3. The summed E-state index contributed by atoms with van der Waals surface area (Å²) in [4.78, 5) is 40.6. The molecule has 2 atom stereocenters. The molecule has 0 spiro atoms. The van der Waals surface area contributed by atoms with Crippen molar-refractivity contribution in [3.63, 3.8) is 0 Å². The van der Waals surface area contributed by atoms with E-state index in [0.29, 0.717) is 43.7 Å². The van der Waals surface area contributed by atoms with Gasteiger partial charge in [0.15, 0.2) is 6.29 Å².